The number of hydrogen-bond acceptors (Lipinski definition) is 5. The third-order valence-corrected chi connectivity index (χ3v) is 4.76. The van der Waals surface area contributed by atoms with Crippen molar-refractivity contribution in [2.75, 3.05) is 11.9 Å². The predicted octanol–water partition coefficient (Wildman–Crippen LogP) is 3.09. The average molecular weight is 459 g/mol. The number of nitrogens with one attached hydrogen (secondary N) is 3. The van der Waals surface area contributed by atoms with Gasteiger partial charge in [0.25, 0.3) is 5.91 Å². The zero-order valence-corrected chi connectivity index (χ0v) is 19.0. The number of nitrogens with zero attached hydrogens (tertiary/aromatic N) is 1. The first-order chi connectivity index (χ1) is 16.4. The maximum absolute atomic E-state index is 12.2. The van der Waals surface area contributed by atoms with Gasteiger partial charge in [-0.25, -0.2) is 5.43 Å². The van der Waals surface area contributed by atoms with E-state index >= 15 is 0 Å². The maximum atomic E-state index is 12.2. The van der Waals surface area contributed by atoms with Crippen LogP contribution < -0.4 is 20.8 Å². The van der Waals surface area contributed by atoms with Crippen molar-refractivity contribution in [2.45, 2.75) is 20.4 Å². The Morgan fingerprint density at radius 1 is 0.853 bits per heavy atom. The molecule has 0 radical (unpaired) electrons. The monoisotopic (exact) mass is 458 g/mol. The molecule has 3 amide bonds. The van der Waals surface area contributed by atoms with Crippen LogP contribution in [-0.4, -0.2) is 30.5 Å². The fourth-order valence-corrected chi connectivity index (χ4v) is 2.88. The highest BCUT2D eigenvalue weighted by Crippen LogP contribution is 2.16. The Kier molecular flexibility index (Phi) is 8.51. The normalized spacial score (nSPS) is 10.5. The summed E-state index contributed by atoms with van der Waals surface area (Å²) in [6, 6.07) is 21.9. The Morgan fingerprint density at radius 3 is 2.21 bits per heavy atom. The summed E-state index contributed by atoms with van der Waals surface area (Å²) in [6.07, 6.45) is 1.35. The minimum atomic E-state index is -0.890. The number of carbonyl (C=O) groups is 3. The molecule has 0 saturated carbocycles. The minimum absolute atomic E-state index is 0.202. The molecule has 0 aliphatic rings. The number of hydrogen-bond donors (Lipinski definition) is 3. The molecule has 8 heteroatoms. The minimum Gasteiger partial charge on any atom is -0.483 e. The summed E-state index contributed by atoms with van der Waals surface area (Å²) in [6.45, 7) is 3.97. The lowest BCUT2D eigenvalue weighted by Crippen LogP contribution is -2.37. The van der Waals surface area contributed by atoms with Crippen LogP contribution in [0.15, 0.2) is 77.9 Å². The van der Waals surface area contributed by atoms with Gasteiger partial charge in [0.1, 0.15) is 5.75 Å². The highest BCUT2D eigenvalue weighted by molar-refractivity contribution is 6.35. The summed E-state index contributed by atoms with van der Waals surface area (Å²) in [5.74, 6) is -1.59. The number of ether oxygens (including phenoxy) is 1. The van der Waals surface area contributed by atoms with Crippen LogP contribution in [0.25, 0.3) is 0 Å². The van der Waals surface area contributed by atoms with Gasteiger partial charge < -0.3 is 15.4 Å². The molecule has 3 aromatic carbocycles. The molecule has 0 bridgehead atoms. The standard InChI is InChI=1S/C26H26N4O4/c1-18-7-11-20(12-8-18)15-27-25(32)26(33)30-28-16-21-5-3-4-6-23(21)34-17-24(31)29-22-13-9-19(2)10-14-22/h3-14,16H,15,17H2,1-2H3,(H,27,32)(H,29,31)(H,30,33)/b28-16-. The summed E-state index contributed by atoms with van der Waals surface area (Å²) in [5, 5.41) is 9.12. The number of para-hydroxylation sites is 1. The molecule has 34 heavy (non-hydrogen) atoms. The van der Waals surface area contributed by atoms with E-state index in [1.165, 1.54) is 6.21 Å². The van der Waals surface area contributed by atoms with Gasteiger partial charge in [0.15, 0.2) is 6.61 Å². The number of anilines is 1. The van der Waals surface area contributed by atoms with Crippen molar-refractivity contribution in [3.8, 4) is 5.75 Å². The van der Waals surface area contributed by atoms with Crippen molar-refractivity contribution in [3.63, 3.8) is 0 Å². The smallest absolute Gasteiger partial charge is 0.329 e. The third kappa shape index (κ3) is 7.59. The van der Waals surface area contributed by atoms with E-state index in [-0.39, 0.29) is 19.1 Å². The van der Waals surface area contributed by atoms with Gasteiger partial charge in [-0.05, 0) is 43.7 Å². The van der Waals surface area contributed by atoms with E-state index < -0.39 is 11.8 Å². The van der Waals surface area contributed by atoms with E-state index in [1.807, 2.05) is 62.4 Å². The van der Waals surface area contributed by atoms with Crippen LogP contribution in [0.4, 0.5) is 5.69 Å². The molecule has 0 atom stereocenters. The number of carbonyl (C=O) groups excluding carboxylic acids is 3. The van der Waals surface area contributed by atoms with Crippen molar-refractivity contribution >= 4 is 29.6 Å². The van der Waals surface area contributed by atoms with E-state index in [2.05, 4.69) is 21.2 Å². The molecular formula is C26H26N4O4. The molecule has 0 aliphatic carbocycles. The molecule has 3 rings (SSSR count). The molecule has 0 fully saturated rings. The molecule has 0 spiro atoms. The lowest BCUT2D eigenvalue weighted by Gasteiger charge is -2.10. The highest BCUT2D eigenvalue weighted by atomic mass is 16.5. The average Bonchev–Trinajstić information content (AvgIpc) is 2.84. The first-order valence-corrected chi connectivity index (χ1v) is 10.7. The van der Waals surface area contributed by atoms with Crippen LogP contribution in [0.1, 0.15) is 22.3 Å². The maximum Gasteiger partial charge on any atom is 0.329 e. The summed E-state index contributed by atoms with van der Waals surface area (Å²) >= 11 is 0. The van der Waals surface area contributed by atoms with Crippen LogP contribution in [0.2, 0.25) is 0 Å². The van der Waals surface area contributed by atoms with Crippen LogP contribution in [0.3, 0.4) is 0 Å². The molecule has 0 saturated heterocycles. The predicted molar refractivity (Wildman–Crippen MR) is 131 cm³/mol. The van der Waals surface area contributed by atoms with Crippen molar-refractivity contribution in [2.24, 2.45) is 5.10 Å². The van der Waals surface area contributed by atoms with E-state index in [0.717, 1.165) is 16.7 Å². The van der Waals surface area contributed by atoms with Crippen LogP contribution in [0.5, 0.6) is 5.75 Å². The Morgan fingerprint density at radius 2 is 1.50 bits per heavy atom. The van der Waals surface area contributed by atoms with Gasteiger partial charge in [0, 0.05) is 17.8 Å². The van der Waals surface area contributed by atoms with Gasteiger partial charge in [-0.15, -0.1) is 0 Å². The SMILES string of the molecule is Cc1ccc(CNC(=O)C(=O)N/N=C\c2ccccc2OCC(=O)Nc2ccc(C)cc2)cc1. The Hall–Kier alpha value is -4.46. The first-order valence-electron chi connectivity index (χ1n) is 10.7. The Labute approximate surface area is 198 Å². The van der Waals surface area contributed by atoms with E-state index in [4.69, 9.17) is 4.74 Å². The van der Waals surface area contributed by atoms with Gasteiger partial charge in [-0.3, -0.25) is 14.4 Å². The molecule has 0 aliphatic heterocycles. The van der Waals surface area contributed by atoms with Gasteiger partial charge in [-0.2, -0.15) is 5.10 Å². The fourth-order valence-electron chi connectivity index (χ4n) is 2.88. The molecular weight excluding hydrogens is 432 g/mol. The second kappa shape index (κ2) is 12.0. The Bertz CT molecular complexity index is 1170. The Balaban J connectivity index is 1.48. The number of aryl methyl sites for hydroxylation is 2. The second-order valence-electron chi connectivity index (χ2n) is 7.61. The van der Waals surface area contributed by atoms with Crippen molar-refractivity contribution in [1.82, 2.24) is 10.7 Å². The highest BCUT2D eigenvalue weighted by Gasteiger charge is 2.12. The van der Waals surface area contributed by atoms with Gasteiger partial charge in [-0.1, -0.05) is 59.7 Å². The zero-order chi connectivity index (χ0) is 24.3. The zero-order valence-electron chi connectivity index (χ0n) is 19.0. The van der Waals surface area contributed by atoms with E-state index in [0.29, 0.717) is 17.0 Å². The van der Waals surface area contributed by atoms with Crippen molar-refractivity contribution in [3.05, 3.63) is 95.1 Å². The van der Waals surface area contributed by atoms with Gasteiger partial charge in [0.05, 0.1) is 6.21 Å². The molecule has 3 aromatic rings. The summed E-state index contributed by atoms with van der Waals surface area (Å²) in [5.41, 5.74) is 6.49. The lowest BCUT2D eigenvalue weighted by molar-refractivity contribution is -0.139. The first kappa shape index (κ1) is 24.2. The van der Waals surface area contributed by atoms with E-state index in [1.54, 1.807) is 24.3 Å². The van der Waals surface area contributed by atoms with Crippen molar-refractivity contribution < 1.29 is 19.1 Å². The number of amides is 3. The third-order valence-electron chi connectivity index (χ3n) is 4.76. The molecule has 0 unspecified atom stereocenters. The molecule has 0 aromatic heterocycles. The second-order valence-corrected chi connectivity index (χ2v) is 7.61. The van der Waals surface area contributed by atoms with E-state index in [9.17, 15) is 14.4 Å². The lowest BCUT2D eigenvalue weighted by atomic mass is 10.1. The summed E-state index contributed by atoms with van der Waals surface area (Å²) in [7, 11) is 0. The molecule has 3 N–H and O–H groups in total. The van der Waals surface area contributed by atoms with Crippen LogP contribution >= 0.6 is 0 Å². The van der Waals surface area contributed by atoms with Crippen LogP contribution in [0, 0.1) is 13.8 Å². The molecule has 8 nitrogen and oxygen atoms in total. The summed E-state index contributed by atoms with van der Waals surface area (Å²) in [4.78, 5) is 36.1. The fraction of sp³-hybridized carbons (Fsp3) is 0.154. The summed E-state index contributed by atoms with van der Waals surface area (Å²) < 4.78 is 5.60. The van der Waals surface area contributed by atoms with Gasteiger partial charge >= 0.3 is 11.8 Å². The number of rotatable bonds is 8. The van der Waals surface area contributed by atoms with Gasteiger partial charge in [0.2, 0.25) is 0 Å². The number of hydrazone groups is 1. The number of benzene rings is 3. The van der Waals surface area contributed by atoms with Crippen LogP contribution in [-0.2, 0) is 20.9 Å². The van der Waals surface area contributed by atoms with Crippen molar-refractivity contribution in [1.29, 1.82) is 0 Å². The topological polar surface area (TPSA) is 109 Å². The molecule has 0 heterocycles. The molecule has 174 valence electrons. The quantitative estimate of drug-likeness (QED) is 0.274. The largest absolute Gasteiger partial charge is 0.483 e.